The number of rotatable bonds is 5. The summed E-state index contributed by atoms with van der Waals surface area (Å²) < 4.78 is 19.1. The Bertz CT molecular complexity index is 826. The maximum atomic E-state index is 13.5. The molecule has 1 aromatic heterocycles. The summed E-state index contributed by atoms with van der Waals surface area (Å²) in [6.45, 7) is 2.84. The van der Waals surface area contributed by atoms with E-state index >= 15 is 0 Å². The van der Waals surface area contributed by atoms with Gasteiger partial charge in [0.2, 0.25) is 5.91 Å². The Hall–Kier alpha value is -2.54. The molecular weight excluding hydrogens is 359 g/mol. The molecular formula is C21H25FN4O2. The zero-order chi connectivity index (χ0) is 19.3. The first-order chi connectivity index (χ1) is 13.7. The third-order valence-corrected chi connectivity index (χ3v) is 5.37. The molecule has 0 aliphatic carbocycles. The van der Waals surface area contributed by atoms with E-state index < -0.39 is 0 Å². The molecule has 2 saturated heterocycles. The van der Waals surface area contributed by atoms with Crippen molar-refractivity contribution in [2.75, 3.05) is 31.1 Å². The molecule has 7 heteroatoms. The normalized spacial score (nSPS) is 22.2. The van der Waals surface area contributed by atoms with Gasteiger partial charge in [0, 0.05) is 38.0 Å². The molecule has 2 unspecified atom stereocenters. The third kappa shape index (κ3) is 4.47. The molecule has 1 amide bonds. The zero-order valence-electron chi connectivity index (χ0n) is 15.8. The van der Waals surface area contributed by atoms with E-state index in [4.69, 9.17) is 4.74 Å². The van der Waals surface area contributed by atoms with Crippen LogP contribution in [0.15, 0.2) is 36.5 Å². The third-order valence-electron chi connectivity index (χ3n) is 5.37. The van der Waals surface area contributed by atoms with E-state index in [1.807, 2.05) is 6.07 Å². The van der Waals surface area contributed by atoms with Crippen molar-refractivity contribution in [3.05, 3.63) is 42.3 Å². The number of carbonyl (C=O) groups excluding carboxylic acids is 1. The van der Waals surface area contributed by atoms with Crippen LogP contribution in [0.5, 0.6) is 0 Å². The summed E-state index contributed by atoms with van der Waals surface area (Å²) in [5, 5.41) is 3.04. The van der Waals surface area contributed by atoms with Crippen LogP contribution in [0.25, 0.3) is 11.4 Å². The number of carbonyl (C=O) groups is 1. The fraction of sp³-hybridized carbons (Fsp3) is 0.476. The van der Waals surface area contributed by atoms with Crippen molar-refractivity contribution in [1.82, 2.24) is 15.3 Å². The van der Waals surface area contributed by atoms with Gasteiger partial charge in [0.15, 0.2) is 5.82 Å². The van der Waals surface area contributed by atoms with Gasteiger partial charge in [-0.15, -0.1) is 0 Å². The van der Waals surface area contributed by atoms with Gasteiger partial charge in [-0.05, 0) is 43.9 Å². The first-order valence-corrected chi connectivity index (χ1v) is 9.92. The Balaban J connectivity index is 1.41. The number of anilines is 1. The predicted molar refractivity (Wildman–Crippen MR) is 104 cm³/mol. The summed E-state index contributed by atoms with van der Waals surface area (Å²) in [6.07, 6.45) is 5.72. The minimum atomic E-state index is -0.313. The fourth-order valence-corrected chi connectivity index (χ4v) is 3.86. The Labute approximate surface area is 164 Å². The van der Waals surface area contributed by atoms with Gasteiger partial charge in [0.05, 0.1) is 12.0 Å². The van der Waals surface area contributed by atoms with Crippen molar-refractivity contribution >= 4 is 11.7 Å². The van der Waals surface area contributed by atoms with Gasteiger partial charge in [-0.1, -0.05) is 12.1 Å². The van der Waals surface area contributed by atoms with Crippen molar-refractivity contribution in [3.8, 4) is 11.4 Å². The van der Waals surface area contributed by atoms with E-state index in [-0.39, 0.29) is 23.7 Å². The van der Waals surface area contributed by atoms with Gasteiger partial charge in [0.25, 0.3) is 0 Å². The molecule has 2 aliphatic heterocycles. The minimum Gasteiger partial charge on any atom is -0.376 e. The van der Waals surface area contributed by atoms with Gasteiger partial charge in [-0.2, -0.15) is 0 Å². The molecule has 3 heterocycles. The van der Waals surface area contributed by atoms with E-state index in [1.54, 1.807) is 18.3 Å². The molecule has 1 aromatic carbocycles. The van der Waals surface area contributed by atoms with Crippen LogP contribution in [-0.4, -0.2) is 48.2 Å². The first kappa shape index (κ1) is 18.8. The average molecular weight is 384 g/mol. The fourth-order valence-electron chi connectivity index (χ4n) is 3.86. The smallest absolute Gasteiger partial charge is 0.224 e. The molecule has 28 heavy (non-hydrogen) atoms. The molecule has 0 radical (unpaired) electrons. The highest BCUT2D eigenvalue weighted by Crippen LogP contribution is 2.24. The first-order valence-electron chi connectivity index (χ1n) is 9.92. The van der Waals surface area contributed by atoms with Crippen molar-refractivity contribution in [1.29, 1.82) is 0 Å². The molecule has 1 N–H and O–H groups in total. The minimum absolute atomic E-state index is 0.0669. The monoisotopic (exact) mass is 384 g/mol. The lowest BCUT2D eigenvalue weighted by Gasteiger charge is -2.33. The van der Waals surface area contributed by atoms with Crippen molar-refractivity contribution < 1.29 is 13.9 Å². The number of hydrogen-bond acceptors (Lipinski definition) is 5. The maximum absolute atomic E-state index is 13.5. The van der Waals surface area contributed by atoms with Crippen LogP contribution in [0, 0.1) is 11.7 Å². The quantitative estimate of drug-likeness (QED) is 0.859. The van der Waals surface area contributed by atoms with Gasteiger partial charge in [-0.3, -0.25) is 4.79 Å². The number of nitrogens with zero attached hydrogens (tertiary/aromatic N) is 3. The van der Waals surface area contributed by atoms with Crippen LogP contribution in [0.1, 0.15) is 25.7 Å². The van der Waals surface area contributed by atoms with E-state index in [1.165, 1.54) is 12.1 Å². The molecule has 2 aromatic rings. The molecule has 148 valence electrons. The molecule has 0 bridgehead atoms. The van der Waals surface area contributed by atoms with Crippen molar-refractivity contribution in [2.45, 2.75) is 31.8 Å². The topological polar surface area (TPSA) is 67.3 Å². The summed E-state index contributed by atoms with van der Waals surface area (Å²) >= 11 is 0. The second-order valence-electron chi connectivity index (χ2n) is 7.41. The SMILES string of the molecule is O=C(NCC1CCCO1)C1CCCN(c2ccnc(-c3cccc(F)c3)n2)C1. The number of halogens is 1. The number of benzene rings is 1. The van der Waals surface area contributed by atoms with Crippen molar-refractivity contribution in [2.24, 2.45) is 5.92 Å². The van der Waals surface area contributed by atoms with E-state index in [2.05, 4.69) is 20.2 Å². The second kappa shape index (κ2) is 8.65. The molecule has 2 fully saturated rings. The van der Waals surface area contributed by atoms with Gasteiger partial charge in [-0.25, -0.2) is 14.4 Å². The number of piperidine rings is 1. The summed E-state index contributed by atoms with van der Waals surface area (Å²) in [7, 11) is 0. The molecule has 0 saturated carbocycles. The van der Waals surface area contributed by atoms with Crippen LogP contribution in [-0.2, 0) is 9.53 Å². The number of hydrogen-bond donors (Lipinski definition) is 1. The van der Waals surface area contributed by atoms with Crippen LogP contribution < -0.4 is 10.2 Å². The summed E-state index contributed by atoms with van der Waals surface area (Å²) in [4.78, 5) is 23.6. The molecule has 4 rings (SSSR count). The highest BCUT2D eigenvalue weighted by molar-refractivity contribution is 5.79. The largest absolute Gasteiger partial charge is 0.376 e. The summed E-state index contributed by atoms with van der Waals surface area (Å²) in [5.41, 5.74) is 0.643. The van der Waals surface area contributed by atoms with E-state index in [0.717, 1.165) is 44.7 Å². The molecule has 6 nitrogen and oxygen atoms in total. The van der Waals surface area contributed by atoms with Crippen LogP contribution in [0.3, 0.4) is 0 Å². The van der Waals surface area contributed by atoms with Gasteiger partial charge < -0.3 is 15.0 Å². The standard InChI is InChI=1S/C21H25FN4O2/c22-17-6-1-4-15(12-17)20-23-9-8-19(25-20)26-10-2-5-16(14-26)21(27)24-13-18-7-3-11-28-18/h1,4,6,8-9,12,16,18H,2-3,5,7,10-11,13-14H2,(H,24,27). The van der Waals surface area contributed by atoms with Crippen LogP contribution in [0.2, 0.25) is 0 Å². The molecule has 0 spiro atoms. The summed E-state index contributed by atoms with van der Waals surface area (Å²) in [5.74, 6) is 0.961. The number of nitrogens with one attached hydrogen (secondary N) is 1. The number of ether oxygens (including phenoxy) is 1. The van der Waals surface area contributed by atoms with Crippen LogP contribution >= 0.6 is 0 Å². The van der Waals surface area contributed by atoms with Crippen molar-refractivity contribution in [3.63, 3.8) is 0 Å². The zero-order valence-corrected chi connectivity index (χ0v) is 15.8. The van der Waals surface area contributed by atoms with E-state index in [0.29, 0.717) is 24.5 Å². The van der Waals surface area contributed by atoms with Gasteiger partial charge >= 0.3 is 0 Å². The number of aromatic nitrogens is 2. The predicted octanol–water partition coefficient (Wildman–Crippen LogP) is 2.79. The molecule has 2 aliphatic rings. The highest BCUT2D eigenvalue weighted by Gasteiger charge is 2.27. The Morgan fingerprint density at radius 2 is 2.21 bits per heavy atom. The Morgan fingerprint density at radius 1 is 1.29 bits per heavy atom. The van der Waals surface area contributed by atoms with E-state index in [9.17, 15) is 9.18 Å². The summed E-state index contributed by atoms with van der Waals surface area (Å²) in [6, 6.07) is 8.11. The lowest BCUT2D eigenvalue weighted by atomic mass is 9.97. The molecule has 2 atom stereocenters. The maximum Gasteiger partial charge on any atom is 0.224 e. The van der Waals surface area contributed by atoms with Crippen LogP contribution in [0.4, 0.5) is 10.2 Å². The Kier molecular flexibility index (Phi) is 5.81. The second-order valence-corrected chi connectivity index (χ2v) is 7.41. The lowest BCUT2D eigenvalue weighted by molar-refractivity contribution is -0.125. The lowest BCUT2D eigenvalue weighted by Crippen LogP contribution is -2.45. The highest BCUT2D eigenvalue weighted by atomic mass is 19.1. The Morgan fingerprint density at radius 3 is 3.04 bits per heavy atom. The van der Waals surface area contributed by atoms with Gasteiger partial charge in [0.1, 0.15) is 11.6 Å². The number of amides is 1. The average Bonchev–Trinajstić information content (AvgIpc) is 3.26.